The molecule has 11 heavy (non-hydrogen) atoms. The minimum Gasteiger partial charge on any atom is -0.469 e. The highest BCUT2D eigenvalue weighted by molar-refractivity contribution is 5.70. The van der Waals surface area contributed by atoms with Gasteiger partial charge in [-0.15, -0.1) is 0 Å². The number of carbonyl (C=O) groups is 1. The molecule has 0 aliphatic carbocycles. The van der Waals surface area contributed by atoms with E-state index in [1.165, 1.54) is 7.11 Å². The highest BCUT2D eigenvalue weighted by atomic mass is 16.5. The van der Waals surface area contributed by atoms with Gasteiger partial charge in [-0.05, 0) is 13.8 Å². The van der Waals surface area contributed by atoms with E-state index < -0.39 is 5.54 Å². The average molecular weight is 160 g/mol. The van der Waals surface area contributed by atoms with Crippen LogP contribution in [0.3, 0.4) is 0 Å². The molecule has 0 aromatic carbocycles. The number of rotatable bonds is 3. The van der Waals surface area contributed by atoms with Crippen molar-refractivity contribution in [3.63, 3.8) is 0 Å². The van der Waals surface area contributed by atoms with Gasteiger partial charge in [0.05, 0.1) is 13.5 Å². The fraction of sp³-hybridized carbons (Fsp3) is 0.857. The van der Waals surface area contributed by atoms with Gasteiger partial charge in [0, 0.05) is 11.6 Å². The normalized spacial score (nSPS) is 18.6. The highest BCUT2D eigenvalue weighted by Gasteiger charge is 2.27. The van der Waals surface area contributed by atoms with Crippen molar-refractivity contribution in [3.05, 3.63) is 0 Å². The van der Waals surface area contributed by atoms with Gasteiger partial charge >= 0.3 is 5.97 Å². The van der Waals surface area contributed by atoms with Gasteiger partial charge in [-0.25, -0.2) is 0 Å². The van der Waals surface area contributed by atoms with Crippen LogP contribution in [0.1, 0.15) is 20.3 Å². The Bertz CT molecular complexity index is 143. The molecule has 0 saturated heterocycles. The van der Waals surface area contributed by atoms with Gasteiger partial charge in [0.15, 0.2) is 0 Å². The molecule has 0 aromatic rings. The van der Waals surface area contributed by atoms with Crippen LogP contribution in [0.2, 0.25) is 0 Å². The van der Waals surface area contributed by atoms with Crippen LogP contribution in [-0.2, 0) is 9.53 Å². The average Bonchev–Trinajstić information content (AvgIpc) is 1.86. The summed E-state index contributed by atoms with van der Waals surface area (Å²) in [6.45, 7) is 3.50. The van der Waals surface area contributed by atoms with Gasteiger partial charge in [0.2, 0.25) is 0 Å². The second kappa shape index (κ2) is 3.69. The molecule has 0 aliphatic rings. The van der Waals surface area contributed by atoms with Crippen molar-refractivity contribution in [2.45, 2.75) is 31.8 Å². The van der Waals surface area contributed by atoms with E-state index in [0.717, 1.165) is 0 Å². The number of hydrogen-bond donors (Lipinski definition) is 2. The van der Waals surface area contributed by atoms with Crippen LogP contribution in [0.15, 0.2) is 0 Å². The van der Waals surface area contributed by atoms with Crippen LogP contribution < -0.4 is 11.5 Å². The first-order valence-electron chi connectivity index (χ1n) is 3.51. The van der Waals surface area contributed by atoms with E-state index in [2.05, 4.69) is 4.74 Å². The van der Waals surface area contributed by atoms with Crippen molar-refractivity contribution in [1.82, 2.24) is 0 Å². The first kappa shape index (κ1) is 10.4. The lowest BCUT2D eigenvalue weighted by Gasteiger charge is -2.27. The van der Waals surface area contributed by atoms with Gasteiger partial charge in [0.25, 0.3) is 0 Å². The Kier molecular flexibility index (Phi) is 3.48. The molecule has 4 nitrogen and oxygen atoms in total. The van der Waals surface area contributed by atoms with E-state index in [0.29, 0.717) is 0 Å². The number of hydrogen-bond acceptors (Lipinski definition) is 4. The second-order valence-corrected chi connectivity index (χ2v) is 3.05. The Hall–Kier alpha value is -0.610. The third kappa shape index (κ3) is 3.34. The third-order valence-electron chi connectivity index (χ3n) is 1.79. The fourth-order valence-electron chi connectivity index (χ4n) is 0.544. The van der Waals surface area contributed by atoms with E-state index in [-0.39, 0.29) is 18.4 Å². The van der Waals surface area contributed by atoms with Crippen LogP contribution in [0.5, 0.6) is 0 Å². The zero-order chi connectivity index (χ0) is 9.07. The van der Waals surface area contributed by atoms with Gasteiger partial charge in [-0.2, -0.15) is 0 Å². The van der Waals surface area contributed by atoms with Crippen molar-refractivity contribution >= 4 is 5.97 Å². The predicted molar refractivity (Wildman–Crippen MR) is 42.9 cm³/mol. The Morgan fingerprint density at radius 2 is 2.18 bits per heavy atom. The van der Waals surface area contributed by atoms with Crippen LogP contribution in [-0.4, -0.2) is 24.7 Å². The third-order valence-corrected chi connectivity index (χ3v) is 1.79. The van der Waals surface area contributed by atoms with E-state index >= 15 is 0 Å². The molecule has 2 unspecified atom stereocenters. The zero-order valence-corrected chi connectivity index (χ0v) is 7.26. The standard InChI is InChI=1S/C7H16N2O2/c1-5(8)7(2,9)4-6(10)11-3/h5H,4,8-9H2,1-3H3. The summed E-state index contributed by atoms with van der Waals surface area (Å²) in [5.41, 5.74) is 10.6. The first-order valence-corrected chi connectivity index (χ1v) is 3.51. The smallest absolute Gasteiger partial charge is 0.307 e. The topological polar surface area (TPSA) is 78.3 Å². The van der Waals surface area contributed by atoms with Gasteiger partial charge in [-0.3, -0.25) is 4.79 Å². The highest BCUT2D eigenvalue weighted by Crippen LogP contribution is 2.09. The molecule has 66 valence electrons. The summed E-state index contributed by atoms with van der Waals surface area (Å²) in [6.07, 6.45) is 0.154. The van der Waals surface area contributed by atoms with Gasteiger partial charge in [0.1, 0.15) is 0 Å². The molecule has 0 saturated carbocycles. The van der Waals surface area contributed by atoms with Crippen molar-refractivity contribution in [2.75, 3.05) is 7.11 Å². The zero-order valence-electron chi connectivity index (χ0n) is 7.26. The van der Waals surface area contributed by atoms with Gasteiger partial charge < -0.3 is 16.2 Å². The number of carbonyl (C=O) groups excluding carboxylic acids is 1. The van der Waals surface area contributed by atoms with E-state index in [1.54, 1.807) is 13.8 Å². The summed E-state index contributed by atoms with van der Waals surface area (Å²) in [6, 6.07) is -0.221. The molecule has 0 heterocycles. The lowest BCUT2D eigenvalue weighted by atomic mass is 9.92. The summed E-state index contributed by atoms with van der Waals surface area (Å²) in [4.78, 5) is 10.8. The Morgan fingerprint density at radius 1 is 1.73 bits per heavy atom. The minimum absolute atomic E-state index is 0.154. The van der Waals surface area contributed by atoms with E-state index in [9.17, 15) is 4.79 Å². The predicted octanol–water partition coefficient (Wildman–Crippen LogP) is -0.386. The van der Waals surface area contributed by atoms with Crippen LogP contribution in [0.25, 0.3) is 0 Å². The minimum atomic E-state index is -0.674. The quantitative estimate of drug-likeness (QED) is 0.551. The van der Waals surface area contributed by atoms with Crippen LogP contribution in [0, 0.1) is 0 Å². The van der Waals surface area contributed by atoms with Crippen molar-refractivity contribution in [2.24, 2.45) is 11.5 Å². The molecule has 4 heteroatoms. The molecule has 0 amide bonds. The van der Waals surface area contributed by atoms with Gasteiger partial charge in [-0.1, -0.05) is 0 Å². The van der Waals surface area contributed by atoms with Crippen LogP contribution in [0.4, 0.5) is 0 Å². The van der Waals surface area contributed by atoms with Crippen molar-refractivity contribution in [1.29, 1.82) is 0 Å². The van der Waals surface area contributed by atoms with E-state index in [1.807, 2.05) is 0 Å². The van der Waals surface area contributed by atoms with Crippen LogP contribution >= 0.6 is 0 Å². The lowest BCUT2D eigenvalue weighted by Crippen LogP contribution is -2.52. The lowest BCUT2D eigenvalue weighted by molar-refractivity contribution is -0.142. The molecule has 0 radical (unpaired) electrons. The molecule has 4 N–H and O–H groups in total. The van der Waals surface area contributed by atoms with Crippen molar-refractivity contribution in [3.8, 4) is 0 Å². The second-order valence-electron chi connectivity index (χ2n) is 3.05. The Morgan fingerprint density at radius 3 is 2.45 bits per heavy atom. The maximum atomic E-state index is 10.8. The Balaban J connectivity index is 4.01. The summed E-state index contributed by atoms with van der Waals surface area (Å²) in [5.74, 6) is -0.327. The molecule has 0 spiro atoms. The molecule has 0 bridgehead atoms. The SMILES string of the molecule is COC(=O)CC(C)(N)C(C)N. The monoisotopic (exact) mass is 160 g/mol. The Labute approximate surface area is 66.9 Å². The maximum absolute atomic E-state index is 10.8. The first-order chi connectivity index (χ1) is 4.90. The molecule has 2 atom stereocenters. The molecular formula is C7H16N2O2. The number of esters is 1. The molecule has 0 fully saturated rings. The number of ether oxygens (including phenoxy) is 1. The number of methoxy groups -OCH3 is 1. The fourth-order valence-corrected chi connectivity index (χ4v) is 0.544. The molecule has 0 rings (SSSR count). The molecular weight excluding hydrogens is 144 g/mol. The summed E-state index contributed by atoms with van der Waals surface area (Å²) < 4.78 is 4.46. The maximum Gasteiger partial charge on any atom is 0.307 e. The van der Waals surface area contributed by atoms with E-state index in [4.69, 9.17) is 11.5 Å². The summed E-state index contributed by atoms with van der Waals surface area (Å²) >= 11 is 0. The molecule has 0 aliphatic heterocycles. The number of nitrogens with two attached hydrogens (primary N) is 2. The molecule has 0 aromatic heterocycles. The largest absolute Gasteiger partial charge is 0.469 e. The van der Waals surface area contributed by atoms with Crippen molar-refractivity contribution < 1.29 is 9.53 Å². The summed E-state index contributed by atoms with van der Waals surface area (Å²) in [7, 11) is 1.33. The summed E-state index contributed by atoms with van der Waals surface area (Å²) in [5, 5.41) is 0.